The van der Waals surface area contributed by atoms with Crippen LogP contribution in [-0.2, 0) is 11.2 Å². The summed E-state index contributed by atoms with van der Waals surface area (Å²) in [6.07, 6.45) is 13.1. The van der Waals surface area contributed by atoms with Crippen LogP contribution in [0.25, 0.3) is 16.9 Å². The Morgan fingerprint density at radius 2 is 1.64 bits per heavy atom. The normalized spacial score (nSPS) is 20.7. The van der Waals surface area contributed by atoms with Crippen LogP contribution >= 0.6 is 0 Å². The molecule has 6 rings (SSSR count). The highest BCUT2D eigenvalue weighted by atomic mass is 16.2. The summed E-state index contributed by atoms with van der Waals surface area (Å²) in [5, 5.41) is 4.99. The second-order valence-electron chi connectivity index (χ2n) is 12.0. The van der Waals surface area contributed by atoms with E-state index in [-0.39, 0.29) is 17.9 Å². The molecule has 3 fully saturated rings. The highest BCUT2D eigenvalue weighted by molar-refractivity contribution is 5.94. The number of aromatic nitrogens is 3. The van der Waals surface area contributed by atoms with Gasteiger partial charge in [0.25, 0.3) is 5.91 Å². The number of likely N-dealkylation sites (tertiary alicyclic amines) is 1. The summed E-state index contributed by atoms with van der Waals surface area (Å²) < 4.78 is 1.91. The van der Waals surface area contributed by atoms with Gasteiger partial charge in [0.15, 0.2) is 5.65 Å². The number of hydrogen-bond acceptors (Lipinski definition) is 5. The number of benzene rings is 1. The molecule has 1 saturated heterocycles. The van der Waals surface area contributed by atoms with Crippen molar-refractivity contribution in [2.24, 2.45) is 5.92 Å². The van der Waals surface area contributed by atoms with Crippen molar-refractivity contribution in [3.05, 3.63) is 47.7 Å². The number of ketones is 1. The lowest BCUT2D eigenvalue weighted by atomic mass is 9.94. The third-order valence-corrected chi connectivity index (χ3v) is 9.09. The largest absolute Gasteiger partial charge is 0.357 e. The summed E-state index contributed by atoms with van der Waals surface area (Å²) >= 11 is 0. The van der Waals surface area contributed by atoms with Crippen LogP contribution in [-0.4, -0.2) is 56.9 Å². The van der Waals surface area contributed by atoms with Gasteiger partial charge in [0.1, 0.15) is 17.3 Å². The van der Waals surface area contributed by atoms with Crippen molar-refractivity contribution in [3.8, 4) is 11.3 Å². The fraction of sp³-hybridized carbons (Fsp3) is 0.562. The van der Waals surface area contributed by atoms with Gasteiger partial charge < -0.3 is 9.80 Å². The Hall–Kier alpha value is -3.22. The molecule has 1 aliphatic heterocycles. The molecule has 1 atom stereocenters. The molecule has 2 saturated carbocycles. The Bertz CT molecular complexity index is 1340. The fourth-order valence-electron chi connectivity index (χ4n) is 6.38. The summed E-state index contributed by atoms with van der Waals surface area (Å²) in [6, 6.07) is 12.8. The zero-order valence-electron chi connectivity index (χ0n) is 23.4. The summed E-state index contributed by atoms with van der Waals surface area (Å²) in [5.41, 5.74) is 4.07. The number of nitrogens with zero attached hydrogens (tertiary/aromatic N) is 5. The van der Waals surface area contributed by atoms with Crippen LogP contribution in [0.1, 0.15) is 93.6 Å². The van der Waals surface area contributed by atoms with Gasteiger partial charge in [-0.15, -0.1) is 0 Å². The van der Waals surface area contributed by atoms with E-state index in [0.29, 0.717) is 29.6 Å². The Balaban J connectivity index is 1.35. The first-order valence-electron chi connectivity index (χ1n) is 15.0. The van der Waals surface area contributed by atoms with Crippen LogP contribution in [0.4, 0.5) is 5.82 Å². The number of rotatable bonds is 7. The molecular weight excluding hydrogens is 486 g/mol. The minimum absolute atomic E-state index is 0.0256. The number of fused-ring (bicyclic) bond motifs is 1. The van der Waals surface area contributed by atoms with Gasteiger partial charge in [-0.2, -0.15) is 9.61 Å². The quantitative estimate of drug-likeness (QED) is 0.372. The van der Waals surface area contributed by atoms with E-state index in [2.05, 4.69) is 18.9 Å². The van der Waals surface area contributed by atoms with Gasteiger partial charge in [-0.3, -0.25) is 9.59 Å². The lowest BCUT2D eigenvalue weighted by molar-refractivity contribution is -0.119. The van der Waals surface area contributed by atoms with Gasteiger partial charge in [0.2, 0.25) is 0 Å². The molecule has 3 aromatic rings. The van der Waals surface area contributed by atoms with Crippen LogP contribution < -0.4 is 4.90 Å². The highest BCUT2D eigenvalue weighted by Crippen LogP contribution is 2.32. The van der Waals surface area contributed by atoms with E-state index in [9.17, 15) is 9.59 Å². The predicted octanol–water partition coefficient (Wildman–Crippen LogP) is 6.09. The van der Waals surface area contributed by atoms with Crippen molar-refractivity contribution in [1.29, 1.82) is 0 Å². The third-order valence-electron chi connectivity index (χ3n) is 9.09. The predicted molar refractivity (Wildman–Crippen MR) is 154 cm³/mol. The molecule has 1 unspecified atom stereocenters. The van der Waals surface area contributed by atoms with Crippen LogP contribution in [0.2, 0.25) is 0 Å². The lowest BCUT2D eigenvalue weighted by Gasteiger charge is -2.33. The van der Waals surface area contributed by atoms with Crippen molar-refractivity contribution in [2.75, 3.05) is 18.5 Å². The first kappa shape index (κ1) is 26.0. The first-order chi connectivity index (χ1) is 19.0. The zero-order chi connectivity index (χ0) is 26.9. The monoisotopic (exact) mass is 527 g/mol. The molecule has 1 aromatic carbocycles. The number of Topliss-reactive ketones (excluding diaryl/α,β-unsaturated/α-hetero) is 1. The van der Waals surface area contributed by atoms with Crippen molar-refractivity contribution >= 4 is 23.2 Å². The van der Waals surface area contributed by atoms with Gasteiger partial charge in [0, 0.05) is 55.7 Å². The third kappa shape index (κ3) is 5.59. The van der Waals surface area contributed by atoms with Crippen molar-refractivity contribution in [2.45, 2.75) is 96.1 Å². The number of anilines is 1. The summed E-state index contributed by atoms with van der Waals surface area (Å²) in [5.74, 6) is 1.59. The maximum Gasteiger partial charge on any atom is 0.272 e. The number of hydrogen-bond donors (Lipinski definition) is 0. The van der Waals surface area contributed by atoms with Gasteiger partial charge >= 0.3 is 0 Å². The standard InChI is InChI=1S/C32H41N5O2/c1-22-9-5-4-8-18-36(22)32(39)28-21-31(35(2)26-10-6-3-7-11-26)37-30(33-28)20-27(34-37)24-14-12-23(13-15-24)19-29(38)25-16-17-25/h12-15,20-22,25-26H,3-11,16-19H2,1-2H3. The Morgan fingerprint density at radius 3 is 2.38 bits per heavy atom. The SMILES string of the molecule is CC1CCCCCN1C(=O)c1cc(N(C)C2CCCCC2)n2nc(-c3ccc(CC(=O)C4CC4)cc3)cc2n1. The van der Waals surface area contributed by atoms with Crippen LogP contribution in [0.5, 0.6) is 0 Å². The summed E-state index contributed by atoms with van der Waals surface area (Å²) in [6.45, 7) is 2.95. The second kappa shape index (κ2) is 11.1. The molecule has 0 bridgehead atoms. The molecule has 39 heavy (non-hydrogen) atoms. The Labute approximate surface area is 231 Å². The maximum atomic E-state index is 13.8. The van der Waals surface area contributed by atoms with Gasteiger partial charge in [0.05, 0.1) is 5.69 Å². The smallest absolute Gasteiger partial charge is 0.272 e. The van der Waals surface area contributed by atoms with Crippen LogP contribution in [0.15, 0.2) is 36.4 Å². The maximum absolute atomic E-state index is 13.8. The van der Waals surface area contributed by atoms with Gasteiger partial charge in [-0.1, -0.05) is 56.4 Å². The average molecular weight is 528 g/mol. The molecule has 7 nitrogen and oxygen atoms in total. The summed E-state index contributed by atoms with van der Waals surface area (Å²) in [7, 11) is 2.14. The van der Waals surface area contributed by atoms with Crippen molar-refractivity contribution in [3.63, 3.8) is 0 Å². The van der Waals surface area contributed by atoms with E-state index < -0.39 is 0 Å². The molecule has 1 amide bonds. The fourth-order valence-corrected chi connectivity index (χ4v) is 6.38. The van der Waals surface area contributed by atoms with Crippen molar-refractivity contribution in [1.82, 2.24) is 19.5 Å². The van der Waals surface area contributed by atoms with Gasteiger partial charge in [-0.05, 0) is 51.0 Å². The minimum Gasteiger partial charge on any atom is -0.357 e. The van der Waals surface area contributed by atoms with E-state index in [1.54, 1.807) is 0 Å². The average Bonchev–Trinajstić information content (AvgIpc) is 3.76. The number of carbonyl (C=O) groups excluding carboxylic acids is 2. The van der Waals surface area contributed by atoms with Crippen LogP contribution in [0.3, 0.4) is 0 Å². The molecular formula is C32H41N5O2. The molecule has 0 radical (unpaired) electrons. The highest BCUT2D eigenvalue weighted by Gasteiger charge is 2.30. The van der Waals surface area contributed by atoms with E-state index in [4.69, 9.17) is 10.1 Å². The minimum atomic E-state index is 0.0256. The second-order valence-corrected chi connectivity index (χ2v) is 12.0. The summed E-state index contributed by atoms with van der Waals surface area (Å²) in [4.78, 5) is 35.3. The molecule has 2 aliphatic carbocycles. The Morgan fingerprint density at radius 1 is 0.923 bits per heavy atom. The number of carbonyl (C=O) groups is 2. The molecule has 7 heteroatoms. The molecule has 206 valence electrons. The lowest BCUT2D eigenvalue weighted by Crippen LogP contribution is -2.39. The molecule has 3 aliphatic rings. The Kier molecular flexibility index (Phi) is 7.41. The van der Waals surface area contributed by atoms with Crippen LogP contribution in [0, 0.1) is 5.92 Å². The van der Waals surface area contributed by atoms with E-state index in [1.165, 1.54) is 32.1 Å². The van der Waals surface area contributed by atoms with Crippen molar-refractivity contribution < 1.29 is 9.59 Å². The topological polar surface area (TPSA) is 70.8 Å². The zero-order valence-corrected chi connectivity index (χ0v) is 23.4. The number of amides is 1. The van der Waals surface area contributed by atoms with E-state index in [0.717, 1.165) is 67.7 Å². The molecule has 0 N–H and O–H groups in total. The first-order valence-corrected chi connectivity index (χ1v) is 15.0. The molecule has 2 aromatic heterocycles. The molecule has 0 spiro atoms. The van der Waals surface area contributed by atoms with Gasteiger partial charge in [-0.25, -0.2) is 4.98 Å². The van der Waals surface area contributed by atoms with E-state index in [1.807, 2.05) is 45.8 Å². The van der Waals surface area contributed by atoms with E-state index >= 15 is 0 Å². The molecule has 3 heterocycles.